The third kappa shape index (κ3) is 4.25. The molecule has 0 fully saturated rings. The molecular formula is C14H21F2NS. The molecule has 0 bridgehead atoms. The van der Waals surface area contributed by atoms with Crippen molar-refractivity contribution in [3.05, 3.63) is 34.9 Å². The van der Waals surface area contributed by atoms with Crippen molar-refractivity contribution in [2.75, 3.05) is 18.6 Å². The Morgan fingerprint density at radius 2 is 1.89 bits per heavy atom. The van der Waals surface area contributed by atoms with Crippen LogP contribution >= 0.6 is 11.8 Å². The van der Waals surface area contributed by atoms with Crippen LogP contribution in [0.4, 0.5) is 8.78 Å². The molecule has 1 rings (SSSR count). The topological polar surface area (TPSA) is 12.0 Å². The molecule has 0 aliphatic carbocycles. The summed E-state index contributed by atoms with van der Waals surface area (Å²) in [5, 5.41) is 3.25. The summed E-state index contributed by atoms with van der Waals surface area (Å²) in [6.07, 6.45) is 2.06. The van der Waals surface area contributed by atoms with Crippen LogP contribution in [0.1, 0.15) is 31.0 Å². The van der Waals surface area contributed by atoms with Crippen molar-refractivity contribution in [3.63, 3.8) is 0 Å². The highest BCUT2D eigenvalue weighted by Gasteiger charge is 2.14. The molecule has 1 aromatic carbocycles. The molecule has 0 radical (unpaired) electrons. The van der Waals surface area contributed by atoms with Crippen LogP contribution < -0.4 is 5.32 Å². The standard InChI is InChI=1S/C14H21F2NS/c1-9(8-18-4)7-17-11(3)12-6-13(15)10(2)5-14(12)16/h5-6,9,11,17H,7-8H2,1-4H3. The van der Waals surface area contributed by atoms with Crippen LogP contribution in [0, 0.1) is 24.5 Å². The maximum atomic E-state index is 13.7. The van der Waals surface area contributed by atoms with Crippen molar-refractivity contribution < 1.29 is 8.78 Å². The highest BCUT2D eigenvalue weighted by Crippen LogP contribution is 2.20. The van der Waals surface area contributed by atoms with Crippen LogP contribution in [0.15, 0.2) is 12.1 Å². The lowest BCUT2D eigenvalue weighted by atomic mass is 10.0. The molecule has 2 unspecified atom stereocenters. The van der Waals surface area contributed by atoms with E-state index in [1.165, 1.54) is 12.1 Å². The average molecular weight is 273 g/mol. The average Bonchev–Trinajstić information content (AvgIpc) is 2.31. The minimum atomic E-state index is -0.350. The van der Waals surface area contributed by atoms with Gasteiger partial charge in [0.15, 0.2) is 0 Å². The molecule has 0 spiro atoms. The summed E-state index contributed by atoms with van der Waals surface area (Å²) in [6, 6.07) is 2.37. The van der Waals surface area contributed by atoms with Gasteiger partial charge < -0.3 is 5.32 Å². The molecule has 18 heavy (non-hydrogen) atoms. The molecular weight excluding hydrogens is 252 g/mol. The number of nitrogens with one attached hydrogen (secondary N) is 1. The lowest BCUT2D eigenvalue weighted by Crippen LogP contribution is -2.26. The van der Waals surface area contributed by atoms with Crippen LogP contribution in [0.25, 0.3) is 0 Å². The Bertz CT molecular complexity index is 396. The van der Waals surface area contributed by atoms with E-state index >= 15 is 0 Å². The summed E-state index contributed by atoms with van der Waals surface area (Å²) < 4.78 is 27.2. The summed E-state index contributed by atoms with van der Waals surface area (Å²) in [4.78, 5) is 0. The third-order valence-corrected chi connectivity index (χ3v) is 3.87. The number of hydrogen-bond acceptors (Lipinski definition) is 2. The molecule has 0 aliphatic heterocycles. The van der Waals surface area contributed by atoms with E-state index in [4.69, 9.17) is 0 Å². The van der Waals surface area contributed by atoms with Crippen LogP contribution in [-0.4, -0.2) is 18.6 Å². The van der Waals surface area contributed by atoms with Crippen molar-refractivity contribution in [2.24, 2.45) is 5.92 Å². The van der Waals surface area contributed by atoms with Crippen LogP contribution in [0.5, 0.6) is 0 Å². The SMILES string of the molecule is CSCC(C)CNC(C)c1cc(F)c(C)cc1F. The number of thioether (sulfide) groups is 1. The molecule has 0 aliphatic rings. The fourth-order valence-corrected chi connectivity index (χ4v) is 2.51. The van der Waals surface area contributed by atoms with E-state index in [-0.39, 0.29) is 17.7 Å². The first-order valence-electron chi connectivity index (χ1n) is 6.13. The van der Waals surface area contributed by atoms with Gasteiger partial charge in [-0.3, -0.25) is 0 Å². The fourth-order valence-electron chi connectivity index (χ4n) is 1.82. The van der Waals surface area contributed by atoms with Crippen molar-refractivity contribution in [1.29, 1.82) is 0 Å². The van der Waals surface area contributed by atoms with E-state index < -0.39 is 0 Å². The molecule has 2 atom stereocenters. The molecule has 1 N–H and O–H groups in total. The first kappa shape index (κ1) is 15.4. The lowest BCUT2D eigenvalue weighted by Gasteiger charge is -2.18. The van der Waals surface area contributed by atoms with Gasteiger partial charge >= 0.3 is 0 Å². The Morgan fingerprint density at radius 1 is 1.22 bits per heavy atom. The summed E-state index contributed by atoms with van der Waals surface area (Å²) in [7, 11) is 0. The second-order valence-corrected chi connectivity index (χ2v) is 5.72. The summed E-state index contributed by atoms with van der Waals surface area (Å²) in [5.41, 5.74) is 0.744. The Labute approximate surface area is 112 Å². The molecule has 0 saturated heterocycles. The molecule has 0 amide bonds. The maximum Gasteiger partial charge on any atom is 0.128 e. The van der Waals surface area contributed by atoms with Crippen LogP contribution in [-0.2, 0) is 0 Å². The summed E-state index contributed by atoms with van der Waals surface area (Å²) in [6.45, 7) is 6.37. The molecule has 0 saturated carbocycles. The molecule has 0 aromatic heterocycles. The van der Waals surface area contributed by atoms with E-state index in [2.05, 4.69) is 18.5 Å². The second kappa shape index (κ2) is 7.10. The number of benzene rings is 1. The number of aryl methyl sites for hydroxylation is 1. The normalized spacial score (nSPS) is 14.6. The van der Waals surface area contributed by atoms with E-state index in [1.54, 1.807) is 18.7 Å². The quantitative estimate of drug-likeness (QED) is 0.843. The molecule has 0 heterocycles. The predicted molar refractivity (Wildman–Crippen MR) is 75.1 cm³/mol. The Morgan fingerprint density at radius 3 is 2.50 bits per heavy atom. The highest BCUT2D eigenvalue weighted by atomic mass is 32.2. The van der Waals surface area contributed by atoms with Gasteiger partial charge in [0, 0.05) is 11.6 Å². The highest BCUT2D eigenvalue weighted by molar-refractivity contribution is 7.98. The van der Waals surface area contributed by atoms with Crippen molar-refractivity contribution >= 4 is 11.8 Å². The van der Waals surface area contributed by atoms with Gasteiger partial charge in [-0.25, -0.2) is 8.78 Å². The summed E-state index contributed by atoms with van der Waals surface area (Å²) in [5.74, 6) is 0.884. The Hall–Kier alpha value is -0.610. The smallest absolute Gasteiger partial charge is 0.128 e. The zero-order valence-electron chi connectivity index (χ0n) is 11.4. The molecule has 4 heteroatoms. The third-order valence-electron chi connectivity index (χ3n) is 2.97. The van der Waals surface area contributed by atoms with Gasteiger partial charge in [-0.05, 0) is 56.0 Å². The van der Waals surface area contributed by atoms with E-state index in [0.29, 0.717) is 17.0 Å². The van der Waals surface area contributed by atoms with Crippen LogP contribution in [0.3, 0.4) is 0 Å². The monoisotopic (exact) mass is 273 g/mol. The van der Waals surface area contributed by atoms with Gasteiger partial charge in [0.1, 0.15) is 11.6 Å². The molecule has 1 nitrogen and oxygen atoms in total. The van der Waals surface area contributed by atoms with Crippen molar-refractivity contribution in [2.45, 2.75) is 26.8 Å². The van der Waals surface area contributed by atoms with Gasteiger partial charge in [0.25, 0.3) is 0 Å². The van der Waals surface area contributed by atoms with Crippen molar-refractivity contribution in [3.8, 4) is 0 Å². The van der Waals surface area contributed by atoms with Gasteiger partial charge in [-0.1, -0.05) is 6.92 Å². The van der Waals surface area contributed by atoms with E-state index in [0.717, 1.165) is 12.3 Å². The first-order chi connectivity index (χ1) is 8.45. The Kier molecular flexibility index (Phi) is 6.09. The predicted octanol–water partition coefficient (Wildman–Crippen LogP) is 3.92. The minimum Gasteiger partial charge on any atom is -0.310 e. The van der Waals surface area contributed by atoms with Gasteiger partial charge in [0.2, 0.25) is 0 Å². The number of halogens is 2. The van der Waals surface area contributed by atoms with Gasteiger partial charge in [-0.15, -0.1) is 0 Å². The van der Waals surface area contributed by atoms with Crippen LogP contribution in [0.2, 0.25) is 0 Å². The zero-order chi connectivity index (χ0) is 13.7. The lowest BCUT2D eigenvalue weighted by molar-refractivity contribution is 0.477. The number of rotatable bonds is 6. The second-order valence-electron chi connectivity index (χ2n) is 4.81. The minimum absolute atomic E-state index is 0.176. The number of hydrogen-bond donors (Lipinski definition) is 1. The summed E-state index contributed by atoms with van der Waals surface area (Å²) >= 11 is 1.79. The van der Waals surface area contributed by atoms with Gasteiger partial charge in [-0.2, -0.15) is 11.8 Å². The van der Waals surface area contributed by atoms with Gasteiger partial charge in [0.05, 0.1) is 0 Å². The van der Waals surface area contributed by atoms with E-state index in [1.807, 2.05) is 6.92 Å². The van der Waals surface area contributed by atoms with E-state index in [9.17, 15) is 8.78 Å². The maximum absolute atomic E-state index is 13.7. The Balaban J connectivity index is 2.66. The fraction of sp³-hybridized carbons (Fsp3) is 0.571. The zero-order valence-corrected chi connectivity index (χ0v) is 12.2. The first-order valence-corrected chi connectivity index (χ1v) is 7.53. The molecule has 102 valence electrons. The van der Waals surface area contributed by atoms with Crippen molar-refractivity contribution in [1.82, 2.24) is 5.32 Å². The largest absolute Gasteiger partial charge is 0.310 e. The molecule has 1 aromatic rings.